The standard InChI is InChI=1S/C17H23N3O2S2/c1-11-4-6-12(7-5-11)19(2)14(21)10-24-17-18-15-13(8-9-23-15)16(22)20(17)3/h8-9,11-12H,4-7,10H2,1-3H3. The molecule has 1 fully saturated rings. The average Bonchev–Trinajstić information content (AvgIpc) is 3.05. The predicted molar refractivity (Wildman–Crippen MR) is 99.8 cm³/mol. The molecule has 1 aliphatic rings. The van der Waals surface area contributed by atoms with Crippen LogP contribution < -0.4 is 5.56 Å². The number of nitrogens with zero attached hydrogens (tertiary/aromatic N) is 3. The highest BCUT2D eigenvalue weighted by Crippen LogP contribution is 2.27. The molecule has 0 aromatic carbocycles. The number of rotatable bonds is 4. The van der Waals surface area contributed by atoms with Crippen molar-refractivity contribution in [2.24, 2.45) is 13.0 Å². The van der Waals surface area contributed by atoms with Gasteiger partial charge in [0.25, 0.3) is 5.56 Å². The Kier molecular flexibility index (Phi) is 5.30. The van der Waals surface area contributed by atoms with Crippen molar-refractivity contribution < 1.29 is 4.79 Å². The van der Waals surface area contributed by atoms with Gasteiger partial charge in [0.1, 0.15) is 4.83 Å². The van der Waals surface area contributed by atoms with Crippen molar-refractivity contribution >= 4 is 39.2 Å². The van der Waals surface area contributed by atoms with Gasteiger partial charge in [-0.1, -0.05) is 18.7 Å². The molecule has 0 bridgehead atoms. The van der Waals surface area contributed by atoms with Crippen LogP contribution in [-0.2, 0) is 11.8 Å². The van der Waals surface area contributed by atoms with E-state index in [2.05, 4.69) is 11.9 Å². The molecule has 3 rings (SSSR count). The first-order valence-corrected chi connectivity index (χ1v) is 10.2. The molecule has 0 spiro atoms. The first-order chi connectivity index (χ1) is 11.5. The molecule has 1 amide bonds. The zero-order valence-electron chi connectivity index (χ0n) is 14.3. The lowest BCUT2D eigenvalue weighted by Crippen LogP contribution is -2.40. The number of carbonyl (C=O) groups excluding carboxylic acids is 1. The van der Waals surface area contributed by atoms with E-state index in [0.717, 1.165) is 23.6 Å². The van der Waals surface area contributed by atoms with Gasteiger partial charge in [-0.3, -0.25) is 14.2 Å². The van der Waals surface area contributed by atoms with Gasteiger partial charge < -0.3 is 4.90 Å². The number of aromatic nitrogens is 2. The van der Waals surface area contributed by atoms with Gasteiger partial charge >= 0.3 is 0 Å². The zero-order valence-corrected chi connectivity index (χ0v) is 16.0. The lowest BCUT2D eigenvalue weighted by molar-refractivity contribution is -0.129. The Hall–Kier alpha value is -1.34. The van der Waals surface area contributed by atoms with Gasteiger partial charge in [-0.05, 0) is 43.0 Å². The largest absolute Gasteiger partial charge is 0.342 e. The second-order valence-electron chi connectivity index (χ2n) is 6.60. The van der Waals surface area contributed by atoms with E-state index in [9.17, 15) is 9.59 Å². The summed E-state index contributed by atoms with van der Waals surface area (Å²) in [5.74, 6) is 1.20. The Morgan fingerprint density at radius 1 is 1.42 bits per heavy atom. The first-order valence-electron chi connectivity index (χ1n) is 8.30. The smallest absolute Gasteiger partial charge is 0.262 e. The summed E-state index contributed by atoms with van der Waals surface area (Å²) in [4.78, 5) is 31.9. The first kappa shape index (κ1) is 17.5. The van der Waals surface area contributed by atoms with E-state index >= 15 is 0 Å². The van der Waals surface area contributed by atoms with Gasteiger partial charge in [0, 0.05) is 20.1 Å². The summed E-state index contributed by atoms with van der Waals surface area (Å²) >= 11 is 2.80. The fourth-order valence-electron chi connectivity index (χ4n) is 3.17. The Morgan fingerprint density at radius 3 is 2.83 bits per heavy atom. The zero-order chi connectivity index (χ0) is 17.3. The molecule has 0 unspecified atom stereocenters. The molecule has 0 saturated heterocycles. The number of hydrogen-bond acceptors (Lipinski definition) is 5. The van der Waals surface area contributed by atoms with Gasteiger partial charge in [0.2, 0.25) is 5.91 Å². The normalized spacial score (nSPS) is 21.1. The predicted octanol–water partition coefficient (Wildman–Crippen LogP) is 3.12. The lowest BCUT2D eigenvalue weighted by Gasteiger charge is -2.33. The molecule has 0 aliphatic heterocycles. The lowest BCUT2D eigenvalue weighted by atomic mass is 9.87. The van der Waals surface area contributed by atoms with Crippen LogP contribution in [0.15, 0.2) is 21.4 Å². The van der Waals surface area contributed by atoms with Gasteiger partial charge in [-0.25, -0.2) is 4.98 Å². The van der Waals surface area contributed by atoms with Crippen molar-refractivity contribution in [3.63, 3.8) is 0 Å². The second kappa shape index (κ2) is 7.27. The summed E-state index contributed by atoms with van der Waals surface area (Å²) < 4.78 is 1.54. The third-order valence-corrected chi connectivity index (χ3v) is 6.74. The van der Waals surface area contributed by atoms with Crippen LogP contribution in [-0.4, -0.2) is 39.2 Å². The number of amides is 1. The van der Waals surface area contributed by atoms with E-state index in [-0.39, 0.29) is 11.5 Å². The van der Waals surface area contributed by atoms with Gasteiger partial charge in [-0.2, -0.15) is 0 Å². The molecule has 2 heterocycles. The van der Waals surface area contributed by atoms with Crippen LogP contribution in [0.1, 0.15) is 32.6 Å². The van der Waals surface area contributed by atoms with E-state index < -0.39 is 0 Å². The number of carbonyl (C=O) groups is 1. The van der Waals surface area contributed by atoms with Crippen molar-refractivity contribution in [3.05, 3.63) is 21.8 Å². The maximum Gasteiger partial charge on any atom is 0.262 e. The monoisotopic (exact) mass is 365 g/mol. The number of thioether (sulfide) groups is 1. The SMILES string of the molecule is CC1CCC(N(C)C(=O)CSc2nc3sccc3c(=O)n2C)CC1. The molecule has 130 valence electrons. The molecule has 1 aliphatic carbocycles. The van der Waals surface area contributed by atoms with Crippen LogP contribution in [0, 0.1) is 5.92 Å². The Labute approximate surface area is 150 Å². The summed E-state index contributed by atoms with van der Waals surface area (Å²) in [5, 5.41) is 3.12. The van der Waals surface area contributed by atoms with E-state index in [0.29, 0.717) is 22.3 Å². The van der Waals surface area contributed by atoms with Gasteiger partial charge in [0.05, 0.1) is 11.1 Å². The van der Waals surface area contributed by atoms with Crippen molar-refractivity contribution in [1.29, 1.82) is 0 Å². The van der Waals surface area contributed by atoms with Crippen molar-refractivity contribution in [2.75, 3.05) is 12.8 Å². The quantitative estimate of drug-likeness (QED) is 0.617. The van der Waals surface area contributed by atoms with Crippen LogP contribution in [0.4, 0.5) is 0 Å². The van der Waals surface area contributed by atoms with Crippen molar-refractivity contribution in [1.82, 2.24) is 14.5 Å². The number of thiophene rings is 1. The molecule has 0 atom stereocenters. The molecule has 7 heteroatoms. The maximum atomic E-state index is 12.5. The highest BCUT2D eigenvalue weighted by atomic mass is 32.2. The molecule has 2 aromatic heterocycles. The Balaban J connectivity index is 1.66. The highest BCUT2D eigenvalue weighted by molar-refractivity contribution is 7.99. The minimum atomic E-state index is -0.0502. The van der Waals surface area contributed by atoms with Gasteiger partial charge in [-0.15, -0.1) is 11.3 Å². The summed E-state index contributed by atoms with van der Waals surface area (Å²) in [7, 11) is 3.62. The van der Waals surface area contributed by atoms with E-state index in [1.807, 2.05) is 17.3 Å². The fraction of sp³-hybridized carbons (Fsp3) is 0.588. The van der Waals surface area contributed by atoms with Crippen LogP contribution in [0.2, 0.25) is 0 Å². The molecular formula is C17H23N3O2S2. The van der Waals surface area contributed by atoms with E-state index in [1.54, 1.807) is 13.1 Å². The third kappa shape index (κ3) is 3.52. The van der Waals surface area contributed by atoms with E-state index in [1.165, 1.54) is 40.5 Å². The van der Waals surface area contributed by atoms with Crippen LogP contribution >= 0.6 is 23.1 Å². The minimum Gasteiger partial charge on any atom is -0.342 e. The average molecular weight is 366 g/mol. The number of hydrogen-bond donors (Lipinski definition) is 0. The Morgan fingerprint density at radius 2 is 2.12 bits per heavy atom. The summed E-state index contributed by atoms with van der Waals surface area (Å²) in [6.07, 6.45) is 4.57. The van der Waals surface area contributed by atoms with Crippen LogP contribution in [0.5, 0.6) is 0 Å². The molecule has 5 nitrogen and oxygen atoms in total. The van der Waals surface area contributed by atoms with Crippen molar-refractivity contribution in [3.8, 4) is 0 Å². The fourth-order valence-corrected chi connectivity index (χ4v) is 4.87. The van der Waals surface area contributed by atoms with Gasteiger partial charge in [0.15, 0.2) is 5.16 Å². The molecule has 1 saturated carbocycles. The van der Waals surface area contributed by atoms with Crippen molar-refractivity contribution in [2.45, 2.75) is 43.8 Å². The minimum absolute atomic E-state index is 0.0502. The topological polar surface area (TPSA) is 55.2 Å². The summed E-state index contributed by atoms with van der Waals surface area (Å²) in [5.41, 5.74) is -0.0502. The van der Waals surface area contributed by atoms with E-state index in [4.69, 9.17) is 0 Å². The van der Waals surface area contributed by atoms with Crippen LogP contribution in [0.25, 0.3) is 10.2 Å². The molecule has 0 radical (unpaired) electrons. The second-order valence-corrected chi connectivity index (χ2v) is 8.44. The molecule has 24 heavy (non-hydrogen) atoms. The molecular weight excluding hydrogens is 342 g/mol. The number of fused-ring (bicyclic) bond motifs is 1. The Bertz CT molecular complexity index is 791. The van der Waals surface area contributed by atoms with Crippen LogP contribution in [0.3, 0.4) is 0 Å². The maximum absolute atomic E-state index is 12.5. The summed E-state index contributed by atoms with van der Waals surface area (Å²) in [6, 6.07) is 2.15. The molecule has 0 N–H and O–H groups in total. The summed E-state index contributed by atoms with van der Waals surface area (Å²) in [6.45, 7) is 2.28. The highest BCUT2D eigenvalue weighted by Gasteiger charge is 2.25. The molecule has 2 aromatic rings. The third-order valence-electron chi connectivity index (χ3n) is 4.92.